The van der Waals surface area contributed by atoms with Gasteiger partial charge in [-0.2, -0.15) is 0 Å². The average molecular weight is 357 g/mol. The van der Waals surface area contributed by atoms with Crippen molar-refractivity contribution in [3.63, 3.8) is 0 Å². The lowest BCUT2D eigenvalue weighted by molar-refractivity contribution is -0.111. The maximum absolute atomic E-state index is 12.2. The highest BCUT2D eigenvalue weighted by Gasteiger charge is 2.06. The standard InChI is InChI=1S/C20H23NO5/c1-5-26-19-10-14(6-8-18(19)25-4)7-9-20(22)21-15-11-16(23-2)13-17(12-15)24-3/h6-13H,5H2,1-4H3,(H,21,22)/b9-7+. The number of carbonyl (C=O) groups is 1. The van der Waals surface area contributed by atoms with E-state index in [0.29, 0.717) is 35.3 Å². The Morgan fingerprint density at radius 2 is 1.65 bits per heavy atom. The monoisotopic (exact) mass is 357 g/mol. The molecule has 2 aromatic carbocycles. The number of amides is 1. The Morgan fingerprint density at radius 1 is 0.962 bits per heavy atom. The van der Waals surface area contributed by atoms with Crippen molar-refractivity contribution in [3.8, 4) is 23.0 Å². The van der Waals surface area contributed by atoms with Crippen molar-refractivity contribution in [1.82, 2.24) is 0 Å². The number of carbonyl (C=O) groups excluding carboxylic acids is 1. The second-order valence-corrected chi connectivity index (χ2v) is 5.27. The van der Waals surface area contributed by atoms with E-state index in [9.17, 15) is 4.79 Å². The molecule has 0 aliphatic rings. The van der Waals surface area contributed by atoms with Crippen LogP contribution in [0.15, 0.2) is 42.5 Å². The van der Waals surface area contributed by atoms with E-state index in [1.807, 2.05) is 19.1 Å². The predicted octanol–water partition coefficient (Wildman–Crippen LogP) is 3.76. The van der Waals surface area contributed by atoms with Crippen LogP contribution in [0.4, 0.5) is 5.69 Å². The minimum atomic E-state index is -0.269. The highest BCUT2D eigenvalue weighted by Crippen LogP contribution is 2.29. The zero-order valence-electron chi connectivity index (χ0n) is 15.4. The second kappa shape index (κ2) is 9.36. The van der Waals surface area contributed by atoms with Gasteiger partial charge in [-0.15, -0.1) is 0 Å². The Bertz CT molecular complexity index is 764. The molecule has 6 nitrogen and oxygen atoms in total. The molecule has 0 unspecified atom stereocenters. The molecule has 6 heteroatoms. The molecule has 0 heterocycles. The first-order valence-electron chi connectivity index (χ1n) is 8.12. The zero-order valence-corrected chi connectivity index (χ0v) is 15.4. The highest BCUT2D eigenvalue weighted by atomic mass is 16.5. The third kappa shape index (κ3) is 5.17. The number of benzene rings is 2. The van der Waals surface area contributed by atoms with Crippen molar-refractivity contribution in [2.45, 2.75) is 6.92 Å². The lowest BCUT2D eigenvalue weighted by atomic mass is 10.2. The molecular weight excluding hydrogens is 334 g/mol. The van der Waals surface area contributed by atoms with Gasteiger partial charge in [-0.05, 0) is 30.7 Å². The molecule has 0 radical (unpaired) electrons. The van der Waals surface area contributed by atoms with Crippen molar-refractivity contribution in [3.05, 3.63) is 48.0 Å². The molecule has 138 valence electrons. The molecule has 0 bridgehead atoms. The molecule has 0 aliphatic heterocycles. The summed E-state index contributed by atoms with van der Waals surface area (Å²) in [4.78, 5) is 12.2. The SMILES string of the molecule is CCOc1cc(/C=C/C(=O)Nc2cc(OC)cc(OC)c2)ccc1OC. The topological polar surface area (TPSA) is 66.0 Å². The Morgan fingerprint density at radius 3 is 2.23 bits per heavy atom. The summed E-state index contributed by atoms with van der Waals surface area (Å²) < 4.78 is 21.2. The van der Waals surface area contributed by atoms with Gasteiger partial charge in [0.25, 0.3) is 0 Å². The molecule has 0 saturated heterocycles. The largest absolute Gasteiger partial charge is 0.497 e. The fourth-order valence-electron chi connectivity index (χ4n) is 2.30. The normalized spacial score (nSPS) is 10.5. The average Bonchev–Trinajstić information content (AvgIpc) is 2.66. The summed E-state index contributed by atoms with van der Waals surface area (Å²) in [7, 11) is 4.70. The van der Waals surface area contributed by atoms with Crippen LogP contribution in [-0.2, 0) is 4.79 Å². The molecule has 1 N–H and O–H groups in total. The first kappa shape index (κ1) is 19.2. The number of rotatable bonds is 8. The van der Waals surface area contributed by atoms with Gasteiger partial charge in [0.15, 0.2) is 11.5 Å². The van der Waals surface area contributed by atoms with E-state index in [-0.39, 0.29) is 5.91 Å². The van der Waals surface area contributed by atoms with Gasteiger partial charge in [-0.25, -0.2) is 0 Å². The van der Waals surface area contributed by atoms with E-state index >= 15 is 0 Å². The van der Waals surface area contributed by atoms with E-state index in [2.05, 4.69) is 5.32 Å². The number of nitrogens with one attached hydrogen (secondary N) is 1. The minimum Gasteiger partial charge on any atom is -0.497 e. The van der Waals surface area contributed by atoms with Crippen LogP contribution in [0, 0.1) is 0 Å². The van der Waals surface area contributed by atoms with Gasteiger partial charge in [-0.3, -0.25) is 4.79 Å². The first-order valence-corrected chi connectivity index (χ1v) is 8.12. The van der Waals surface area contributed by atoms with Gasteiger partial charge in [0.1, 0.15) is 11.5 Å². The van der Waals surface area contributed by atoms with Crippen molar-refractivity contribution in [2.75, 3.05) is 33.3 Å². The molecule has 0 atom stereocenters. The van der Waals surface area contributed by atoms with Gasteiger partial charge in [0.2, 0.25) is 5.91 Å². The van der Waals surface area contributed by atoms with Crippen LogP contribution >= 0.6 is 0 Å². The van der Waals surface area contributed by atoms with Crippen LogP contribution in [0.1, 0.15) is 12.5 Å². The van der Waals surface area contributed by atoms with Gasteiger partial charge in [0.05, 0.1) is 27.9 Å². The Balaban J connectivity index is 2.11. The van der Waals surface area contributed by atoms with Crippen molar-refractivity contribution in [2.24, 2.45) is 0 Å². The zero-order chi connectivity index (χ0) is 18.9. The molecular formula is C20H23NO5. The van der Waals surface area contributed by atoms with E-state index in [0.717, 1.165) is 5.56 Å². The molecule has 0 aromatic heterocycles. The fraction of sp³-hybridized carbons (Fsp3) is 0.250. The predicted molar refractivity (Wildman–Crippen MR) is 101 cm³/mol. The summed E-state index contributed by atoms with van der Waals surface area (Å²) in [6, 6.07) is 10.6. The van der Waals surface area contributed by atoms with Crippen LogP contribution in [0.25, 0.3) is 6.08 Å². The van der Waals surface area contributed by atoms with E-state index in [1.54, 1.807) is 51.7 Å². The number of hydrogen-bond acceptors (Lipinski definition) is 5. The molecule has 0 fully saturated rings. The third-order valence-corrected chi connectivity index (χ3v) is 3.53. The number of hydrogen-bond donors (Lipinski definition) is 1. The molecule has 2 rings (SSSR count). The molecule has 26 heavy (non-hydrogen) atoms. The van der Waals surface area contributed by atoms with E-state index < -0.39 is 0 Å². The molecule has 0 saturated carbocycles. The third-order valence-electron chi connectivity index (χ3n) is 3.53. The summed E-state index contributed by atoms with van der Waals surface area (Å²) in [6.45, 7) is 2.43. The summed E-state index contributed by atoms with van der Waals surface area (Å²) in [5.74, 6) is 2.21. The fourth-order valence-corrected chi connectivity index (χ4v) is 2.30. The van der Waals surface area contributed by atoms with Crippen LogP contribution in [0.5, 0.6) is 23.0 Å². The van der Waals surface area contributed by atoms with Crippen LogP contribution in [0.3, 0.4) is 0 Å². The van der Waals surface area contributed by atoms with Gasteiger partial charge >= 0.3 is 0 Å². The summed E-state index contributed by atoms with van der Waals surface area (Å²) in [5.41, 5.74) is 1.41. The molecule has 0 aliphatic carbocycles. The second-order valence-electron chi connectivity index (χ2n) is 5.27. The summed E-state index contributed by atoms with van der Waals surface area (Å²) >= 11 is 0. The smallest absolute Gasteiger partial charge is 0.248 e. The molecule has 1 amide bonds. The van der Waals surface area contributed by atoms with Crippen LogP contribution in [0.2, 0.25) is 0 Å². The number of ether oxygens (including phenoxy) is 4. The van der Waals surface area contributed by atoms with Gasteiger partial charge in [0, 0.05) is 30.0 Å². The molecule has 2 aromatic rings. The summed E-state index contributed by atoms with van der Waals surface area (Å²) in [5, 5.41) is 2.78. The Labute approximate surface area is 153 Å². The van der Waals surface area contributed by atoms with E-state index in [1.165, 1.54) is 6.08 Å². The van der Waals surface area contributed by atoms with Crippen LogP contribution in [-0.4, -0.2) is 33.8 Å². The van der Waals surface area contributed by atoms with Gasteiger partial charge < -0.3 is 24.3 Å². The minimum absolute atomic E-state index is 0.269. The quantitative estimate of drug-likeness (QED) is 0.729. The van der Waals surface area contributed by atoms with Crippen molar-refractivity contribution in [1.29, 1.82) is 0 Å². The van der Waals surface area contributed by atoms with Crippen LogP contribution < -0.4 is 24.3 Å². The highest BCUT2D eigenvalue weighted by molar-refractivity contribution is 6.02. The summed E-state index contributed by atoms with van der Waals surface area (Å²) in [6.07, 6.45) is 3.15. The maximum Gasteiger partial charge on any atom is 0.248 e. The van der Waals surface area contributed by atoms with Gasteiger partial charge in [-0.1, -0.05) is 6.07 Å². The lowest BCUT2D eigenvalue weighted by Gasteiger charge is -2.10. The maximum atomic E-state index is 12.2. The lowest BCUT2D eigenvalue weighted by Crippen LogP contribution is -2.08. The van der Waals surface area contributed by atoms with Crippen molar-refractivity contribution >= 4 is 17.7 Å². The number of anilines is 1. The Kier molecular flexibility index (Phi) is 6.91. The first-order chi connectivity index (χ1) is 12.6. The van der Waals surface area contributed by atoms with Crippen molar-refractivity contribution < 1.29 is 23.7 Å². The number of methoxy groups -OCH3 is 3. The molecule has 0 spiro atoms. The van der Waals surface area contributed by atoms with E-state index in [4.69, 9.17) is 18.9 Å². The Hall–Kier alpha value is -3.15.